The third kappa shape index (κ3) is 3.89. The lowest BCUT2D eigenvalue weighted by molar-refractivity contribution is -0.160. The Hall–Kier alpha value is -1.93. The number of likely N-dealkylation sites (tertiary alicyclic amines) is 1. The van der Waals surface area contributed by atoms with Gasteiger partial charge in [0.1, 0.15) is 11.6 Å². The van der Waals surface area contributed by atoms with Crippen LogP contribution in [0.5, 0.6) is 0 Å². The maximum Gasteiger partial charge on any atom is 0.310 e. The summed E-state index contributed by atoms with van der Waals surface area (Å²) in [6.45, 7) is 17.5. The van der Waals surface area contributed by atoms with Gasteiger partial charge in [-0.3, -0.25) is 14.4 Å². The van der Waals surface area contributed by atoms with Gasteiger partial charge in [-0.2, -0.15) is 0 Å². The molecule has 3 aliphatic rings. The van der Waals surface area contributed by atoms with E-state index < -0.39 is 52.5 Å². The summed E-state index contributed by atoms with van der Waals surface area (Å²) in [7, 11) is 0. The highest BCUT2D eigenvalue weighted by Gasteiger charge is 2.78. The van der Waals surface area contributed by atoms with Gasteiger partial charge in [-0.1, -0.05) is 26.8 Å². The molecule has 186 valence electrons. The number of nitrogens with zero attached hydrogens (tertiary/aromatic N) is 2. The van der Waals surface area contributed by atoms with Crippen molar-refractivity contribution in [1.29, 1.82) is 0 Å². The number of carbonyl (C=O) groups excluding carboxylic acids is 2. The van der Waals surface area contributed by atoms with Crippen LogP contribution in [0.2, 0.25) is 0 Å². The van der Waals surface area contributed by atoms with Crippen molar-refractivity contribution in [1.82, 2.24) is 9.80 Å². The topological polar surface area (TPSA) is 107 Å². The number of hydrogen-bond donors (Lipinski definition) is 2. The number of carboxylic acid groups (broad SMARTS) is 1. The van der Waals surface area contributed by atoms with Crippen molar-refractivity contribution in [3.63, 3.8) is 0 Å². The lowest BCUT2D eigenvalue weighted by atomic mass is 9.66. The molecular weight excluding hydrogens is 424 g/mol. The Balaban J connectivity index is 2.13. The predicted molar refractivity (Wildman–Crippen MR) is 123 cm³/mol. The number of fused-ring (bicyclic) bond motifs is 1. The largest absolute Gasteiger partial charge is 0.481 e. The minimum atomic E-state index is -1.22. The molecule has 3 aliphatic heterocycles. The fourth-order valence-electron chi connectivity index (χ4n) is 6.89. The normalized spacial score (nSPS) is 34.4. The second-order valence-electron chi connectivity index (χ2n) is 12.1. The van der Waals surface area contributed by atoms with Gasteiger partial charge < -0.3 is 24.7 Å². The predicted octanol–water partition coefficient (Wildman–Crippen LogP) is 2.45. The van der Waals surface area contributed by atoms with E-state index in [1.807, 2.05) is 13.8 Å². The first-order valence-corrected chi connectivity index (χ1v) is 11.8. The Morgan fingerprint density at radius 1 is 1.30 bits per heavy atom. The van der Waals surface area contributed by atoms with Gasteiger partial charge in [0.25, 0.3) is 0 Å². The average molecular weight is 465 g/mol. The van der Waals surface area contributed by atoms with Crippen LogP contribution in [-0.2, 0) is 19.1 Å². The Labute approximate surface area is 196 Å². The minimum absolute atomic E-state index is 0.0578. The number of rotatable bonds is 8. The first-order valence-electron chi connectivity index (χ1n) is 11.8. The lowest BCUT2D eigenvalue weighted by Crippen LogP contribution is -2.62. The van der Waals surface area contributed by atoms with Gasteiger partial charge in [-0.05, 0) is 52.4 Å². The van der Waals surface area contributed by atoms with E-state index in [2.05, 4.69) is 27.4 Å². The molecule has 0 radical (unpaired) electrons. The van der Waals surface area contributed by atoms with Gasteiger partial charge in [0.2, 0.25) is 11.8 Å². The van der Waals surface area contributed by atoms with Crippen LogP contribution >= 0.6 is 0 Å². The molecule has 8 heteroatoms. The molecule has 3 rings (SSSR count). The van der Waals surface area contributed by atoms with E-state index in [4.69, 9.17) is 4.74 Å². The molecule has 2 bridgehead atoms. The molecule has 0 aromatic heterocycles. The summed E-state index contributed by atoms with van der Waals surface area (Å²) in [6.07, 6.45) is 3.27. The van der Waals surface area contributed by atoms with E-state index in [1.54, 1.807) is 24.8 Å². The molecule has 2 unspecified atom stereocenters. The summed E-state index contributed by atoms with van der Waals surface area (Å²) in [5, 5.41) is 19.9. The van der Waals surface area contributed by atoms with Crippen LogP contribution in [0.3, 0.4) is 0 Å². The summed E-state index contributed by atoms with van der Waals surface area (Å²) >= 11 is 0. The number of aliphatic hydroxyl groups excluding tert-OH is 1. The second-order valence-corrected chi connectivity index (χ2v) is 12.1. The smallest absolute Gasteiger partial charge is 0.310 e. The Kier molecular flexibility index (Phi) is 6.29. The third-order valence-corrected chi connectivity index (χ3v) is 7.72. The maximum absolute atomic E-state index is 14.3. The fraction of sp³-hybridized carbons (Fsp3) is 0.800. The maximum atomic E-state index is 14.3. The van der Waals surface area contributed by atoms with Crippen molar-refractivity contribution in [3.05, 3.63) is 12.7 Å². The summed E-state index contributed by atoms with van der Waals surface area (Å²) in [5.41, 5.74) is -2.82. The van der Waals surface area contributed by atoms with E-state index in [0.29, 0.717) is 19.3 Å². The van der Waals surface area contributed by atoms with Crippen LogP contribution in [0.4, 0.5) is 0 Å². The molecule has 0 saturated carbocycles. The SMILES string of the molecule is C=CCN(C(=O)C1N([C@H](C)CO)C(=O)[C@@H]2[C@@H](C(=O)O)[C@@]3(C)CCC12O3)C(C)(C)CC(C)(C)C. The number of ether oxygens (including phenoxy) is 1. The first-order chi connectivity index (χ1) is 15.1. The van der Waals surface area contributed by atoms with Crippen molar-refractivity contribution in [3.8, 4) is 0 Å². The quantitative estimate of drug-likeness (QED) is 0.535. The highest BCUT2D eigenvalue weighted by atomic mass is 16.5. The van der Waals surface area contributed by atoms with Crippen LogP contribution in [0.15, 0.2) is 12.7 Å². The molecule has 33 heavy (non-hydrogen) atoms. The average Bonchev–Trinajstić information content (AvgIpc) is 3.23. The number of carboxylic acids is 1. The first kappa shape index (κ1) is 25.7. The van der Waals surface area contributed by atoms with Gasteiger partial charge >= 0.3 is 5.97 Å². The number of aliphatic hydroxyl groups is 1. The molecule has 2 N–H and O–H groups in total. The molecule has 3 fully saturated rings. The molecule has 1 spiro atoms. The number of carbonyl (C=O) groups is 3. The zero-order chi connectivity index (χ0) is 25.1. The van der Waals surface area contributed by atoms with Crippen molar-refractivity contribution in [2.75, 3.05) is 13.2 Å². The monoisotopic (exact) mass is 464 g/mol. The Bertz CT molecular complexity index is 848. The zero-order valence-corrected chi connectivity index (χ0v) is 21.1. The number of hydrogen-bond acceptors (Lipinski definition) is 5. The summed E-state index contributed by atoms with van der Waals surface area (Å²) < 4.78 is 6.42. The van der Waals surface area contributed by atoms with Crippen LogP contribution in [0.25, 0.3) is 0 Å². The minimum Gasteiger partial charge on any atom is -0.481 e. The second kappa shape index (κ2) is 8.08. The molecule has 8 nitrogen and oxygen atoms in total. The van der Waals surface area contributed by atoms with Gasteiger partial charge in [0.05, 0.1) is 30.1 Å². The fourth-order valence-corrected chi connectivity index (χ4v) is 6.89. The van der Waals surface area contributed by atoms with Crippen molar-refractivity contribution in [2.45, 2.75) is 96.6 Å². The summed E-state index contributed by atoms with van der Waals surface area (Å²) in [6, 6.07) is -1.64. The highest BCUT2D eigenvalue weighted by Crippen LogP contribution is 2.63. The molecular formula is C25H40N2O6. The third-order valence-electron chi connectivity index (χ3n) is 7.72. The molecule has 0 aromatic rings. The molecule has 2 amide bonds. The standard InChI is InChI=1S/C25H40N2O6/c1-9-12-26(23(6,7)14-22(3,4)5)20(30)18-25-11-10-24(8,33-25)17(21(31)32)16(25)19(29)27(18)15(2)13-28/h9,15-18,28H,1,10-14H2,2-8H3,(H,31,32)/t15-,16+,17+,18?,24-,25?/m1/s1. The van der Waals surface area contributed by atoms with Crippen LogP contribution in [0, 0.1) is 17.3 Å². The lowest BCUT2D eigenvalue weighted by Gasteiger charge is -2.46. The number of amides is 2. The Morgan fingerprint density at radius 3 is 2.39 bits per heavy atom. The van der Waals surface area contributed by atoms with Crippen LogP contribution in [-0.4, -0.2) is 79.8 Å². The molecule has 0 aromatic carbocycles. The van der Waals surface area contributed by atoms with Gasteiger partial charge in [-0.15, -0.1) is 6.58 Å². The van der Waals surface area contributed by atoms with E-state index >= 15 is 0 Å². The summed E-state index contributed by atoms with van der Waals surface area (Å²) in [4.78, 5) is 43.4. The van der Waals surface area contributed by atoms with Crippen molar-refractivity contribution < 1.29 is 29.3 Å². The van der Waals surface area contributed by atoms with E-state index in [0.717, 1.165) is 0 Å². The van der Waals surface area contributed by atoms with Crippen LogP contribution < -0.4 is 0 Å². The molecule has 3 saturated heterocycles. The van der Waals surface area contributed by atoms with Gasteiger partial charge in [-0.25, -0.2) is 0 Å². The van der Waals surface area contributed by atoms with E-state index in [1.165, 1.54) is 4.90 Å². The van der Waals surface area contributed by atoms with Crippen molar-refractivity contribution >= 4 is 17.8 Å². The molecule has 6 atom stereocenters. The zero-order valence-electron chi connectivity index (χ0n) is 21.1. The van der Waals surface area contributed by atoms with E-state index in [9.17, 15) is 24.6 Å². The van der Waals surface area contributed by atoms with Gasteiger partial charge in [0.15, 0.2) is 0 Å². The molecule has 3 heterocycles. The highest BCUT2D eigenvalue weighted by molar-refractivity contribution is 5.98. The van der Waals surface area contributed by atoms with Crippen molar-refractivity contribution in [2.24, 2.45) is 17.3 Å². The summed E-state index contributed by atoms with van der Waals surface area (Å²) in [5.74, 6) is -3.76. The van der Waals surface area contributed by atoms with E-state index in [-0.39, 0.29) is 24.5 Å². The number of aliphatic carboxylic acids is 1. The van der Waals surface area contributed by atoms with Gasteiger partial charge in [0, 0.05) is 12.1 Å². The van der Waals surface area contributed by atoms with Crippen LogP contribution in [0.1, 0.15) is 67.7 Å². The molecule has 0 aliphatic carbocycles. The Morgan fingerprint density at radius 2 is 1.91 bits per heavy atom.